The highest BCUT2D eigenvalue weighted by molar-refractivity contribution is 6.06. The number of hydrogen-bond acceptors (Lipinski definition) is 5. The van der Waals surface area contributed by atoms with Gasteiger partial charge in [0.1, 0.15) is 5.82 Å². The molecule has 1 aliphatic heterocycles. The second-order valence-corrected chi connectivity index (χ2v) is 8.21. The van der Waals surface area contributed by atoms with E-state index in [1.807, 2.05) is 31.0 Å². The van der Waals surface area contributed by atoms with Crippen LogP contribution in [0.25, 0.3) is 11.1 Å². The molecule has 0 bridgehead atoms. The van der Waals surface area contributed by atoms with Crippen LogP contribution in [-0.4, -0.2) is 43.6 Å². The van der Waals surface area contributed by atoms with E-state index < -0.39 is 0 Å². The van der Waals surface area contributed by atoms with E-state index in [1.165, 1.54) is 18.7 Å². The summed E-state index contributed by atoms with van der Waals surface area (Å²) in [5.74, 6) is 2.49. The fourth-order valence-electron chi connectivity index (χ4n) is 4.31. The van der Waals surface area contributed by atoms with E-state index >= 15 is 0 Å². The van der Waals surface area contributed by atoms with Gasteiger partial charge in [-0.1, -0.05) is 5.16 Å². The van der Waals surface area contributed by atoms with E-state index in [4.69, 9.17) is 4.52 Å². The number of hydrogen-bond donors (Lipinski definition) is 0. The number of carbonyl (C=O) groups is 1. The van der Waals surface area contributed by atoms with E-state index in [9.17, 15) is 4.79 Å². The predicted molar refractivity (Wildman–Crippen MR) is 104 cm³/mol. The second-order valence-electron chi connectivity index (χ2n) is 8.21. The van der Waals surface area contributed by atoms with Gasteiger partial charge < -0.3 is 14.0 Å². The fraction of sp³-hybridized carbons (Fsp3) is 0.524. The van der Waals surface area contributed by atoms with Crippen molar-refractivity contribution in [3.8, 4) is 0 Å². The van der Waals surface area contributed by atoms with Crippen LogP contribution in [0, 0.1) is 19.8 Å². The maximum Gasteiger partial charge on any atom is 0.258 e. The Morgan fingerprint density at radius 1 is 1.21 bits per heavy atom. The highest BCUT2D eigenvalue weighted by Gasteiger charge is 2.30. The van der Waals surface area contributed by atoms with E-state index in [1.54, 1.807) is 0 Å². The Bertz CT molecular complexity index is 1020. The number of fused-ring (bicyclic) bond motifs is 1. The summed E-state index contributed by atoms with van der Waals surface area (Å²) in [5, 5.41) is 4.72. The third-order valence-electron chi connectivity index (χ3n) is 6.02. The molecule has 1 aliphatic carbocycles. The van der Waals surface area contributed by atoms with Gasteiger partial charge in [-0.2, -0.15) is 0 Å². The molecule has 0 spiro atoms. The fourth-order valence-corrected chi connectivity index (χ4v) is 4.31. The molecule has 7 heteroatoms. The van der Waals surface area contributed by atoms with Crippen molar-refractivity contribution in [2.45, 2.75) is 52.0 Å². The van der Waals surface area contributed by atoms with Gasteiger partial charge in [0.25, 0.3) is 11.6 Å². The van der Waals surface area contributed by atoms with Crippen LogP contribution in [0.5, 0.6) is 0 Å². The molecule has 146 valence electrons. The Kier molecular flexibility index (Phi) is 4.18. The maximum absolute atomic E-state index is 13.2. The standard InChI is InChI=1S/C21H25N5O2/c1-13-11-17(18-14(2)24-28-20(18)23-13)21(27)25-8-5-16(6-9-25)19-22-7-10-26(19)12-15-3-4-15/h7,10-11,15-16H,3-6,8-9,12H2,1-2H3. The molecule has 7 nitrogen and oxygen atoms in total. The van der Waals surface area contributed by atoms with Gasteiger partial charge in [-0.05, 0) is 51.5 Å². The van der Waals surface area contributed by atoms with Gasteiger partial charge in [-0.15, -0.1) is 0 Å². The molecule has 3 aromatic rings. The number of aryl methyl sites for hydroxylation is 2. The monoisotopic (exact) mass is 379 g/mol. The molecule has 0 atom stereocenters. The minimum atomic E-state index is 0.0431. The third kappa shape index (κ3) is 3.08. The minimum Gasteiger partial charge on any atom is -0.339 e. The van der Waals surface area contributed by atoms with E-state index in [-0.39, 0.29) is 5.91 Å². The van der Waals surface area contributed by atoms with Crippen LogP contribution in [0.4, 0.5) is 0 Å². The van der Waals surface area contributed by atoms with Crippen LogP contribution in [0.15, 0.2) is 23.0 Å². The lowest BCUT2D eigenvalue weighted by atomic mass is 9.95. The van der Waals surface area contributed by atoms with E-state index in [0.717, 1.165) is 49.5 Å². The number of pyridine rings is 1. The summed E-state index contributed by atoms with van der Waals surface area (Å²) in [7, 11) is 0. The van der Waals surface area contributed by atoms with Crippen LogP contribution in [0.3, 0.4) is 0 Å². The molecule has 28 heavy (non-hydrogen) atoms. The summed E-state index contributed by atoms with van der Waals surface area (Å²) in [5.41, 5.74) is 2.57. The average Bonchev–Trinajstić information content (AvgIpc) is 3.27. The molecule has 0 N–H and O–H groups in total. The van der Waals surface area contributed by atoms with Crippen molar-refractivity contribution in [2.24, 2.45) is 5.92 Å². The molecule has 2 aliphatic rings. The quantitative estimate of drug-likeness (QED) is 0.694. The highest BCUT2D eigenvalue weighted by Crippen LogP contribution is 2.34. The van der Waals surface area contributed by atoms with E-state index in [2.05, 4.69) is 25.9 Å². The molecule has 2 fully saturated rings. The zero-order chi connectivity index (χ0) is 19.3. The first-order chi connectivity index (χ1) is 13.6. The van der Waals surface area contributed by atoms with Crippen LogP contribution in [-0.2, 0) is 6.54 Å². The van der Waals surface area contributed by atoms with Gasteiger partial charge in [0, 0.05) is 43.6 Å². The summed E-state index contributed by atoms with van der Waals surface area (Å²) in [6.45, 7) is 6.31. The third-order valence-corrected chi connectivity index (χ3v) is 6.02. The molecule has 0 radical (unpaired) electrons. The zero-order valence-electron chi connectivity index (χ0n) is 16.4. The molecule has 0 unspecified atom stereocenters. The van der Waals surface area contributed by atoms with Crippen LogP contribution >= 0.6 is 0 Å². The predicted octanol–water partition coefficient (Wildman–Crippen LogP) is 3.47. The normalized spacial score (nSPS) is 18.1. The van der Waals surface area contributed by atoms with Gasteiger partial charge in [-0.25, -0.2) is 9.97 Å². The van der Waals surface area contributed by atoms with Gasteiger partial charge >= 0.3 is 0 Å². The summed E-state index contributed by atoms with van der Waals surface area (Å²) >= 11 is 0. The summed E-state index contributed by atoms with van der Waals surface area (Å²) in [6, 6.07) is 1.85. The number of piperidine rings is 1. The molecule has 1 saturated heterocycles. The van der Waals surface area contributed by atoms with Crippen molar-refractivity contribution in [1.29, 1.82) is 0 Å². The van der Waals surface area contributed by atoms with Crippen molar-refractivity contribution in [3.05, 3.63) is 41.2 Å². The molecular formula is C21H25N5O2. The number of nitrogens with zero attached hydrogens (tertiary/aromatic N) is 5. The lowest BCUT2D eigenvalue weighted by Gasteiger charge is -2.32. The Labute approximate surface area is 163 Å². The highest BCUT2D eigenvalue weighted by atomic mass is 16.5. The average molecular weight is 379 g/mol. The smallest absolute Gasteiger partial charge is 0.258 e. The molecule has 5 rings (SSSR count). The first kappa shape index (κ1) is 17.4. The first-order valence-corrected chi connectivity index (χ1v) is 10.1. The number of rotatable bonds is 4. The number of likely N-dealkylation sites (tertiary alicyclic amines) is 1. The Balaban J connectivity index is 1.33. The van der Waals surface area contributed by atoms with E-state index in [0.29, 0.717) is 22.9 Å². The number of carbonyl (C=O) groups excluding carboxylic acids is 1. The number of aromatic nitrogens is 4. The van der Waals surface area contributed by atoms with Gasteiger partial charge in [0.2, 0.25) is 0 Å². The van der Waals surface area contributed by atoms with Crippen molar-refractivity contribution >= 4 is 17.0 Å². The van der Waals surface area contributed by atoms with Gasteiger partial charge in [0.15, 0.2) is 0 Å². The zero-order valence-corrected chi connectivity index (χ0v) is 16.4. The molecule has 4 heterocycles. The molecule has 3 aromatic heterocycles. The molecule has 1 saturated carbocycles. The van der Waals surface area contributed by atoms with Crippen LogP contribution in [0.2, 0.25) is 0 Å². The van der Waals surface area contributed by atoms with Crippen molar-refractivity contribution in [3.63, 3.8) is 0 Å². The van der Waals surface area contributed by atoms with Crippen molar-refractivity contribution < 1.29 is 9.32 Å². The number of amides is 1. The SMILES string of the molecule is Cc1cc(C(=O)N2CCC(c3nccn3CC3CC3)CC2)c2c(C)noc2n1. The lowest BCUT2D eigenvalue weighted by molar-refractivity contribution is 0.0712. The lowest BCUT2D eigenvalue weighted by Crippen LogP contribution is -2.38. The second kappa shape index (κ2) is 6.72. The maximum atomic E-state index is 13.2. The molecular weight excluding hydrogens is 354 g/mol. The number of imidazole rings is 1. The van der Waals surface area contributed by atoms with Crippen LogP contribution < -0.4 is 0 Å². The molecule has 1 amide bonds. The molecule has 0 aromatic carbocycles. The first-order valence-electron chi connectivity index (χ1n) is 10.1. The topological polar surface area (TPSA) is 77.0 Å². The summed E-state index contributed by atoms with van der Waals surface area (Å²) in [6.07, 6.45) is 8.60. The Morgan fingerprint density at radius 3 is 2.75 bits per heavy atom. The van der Waals surface area contributed by atoms with Crippen molar-refractivity contribution in [2.75, 3.05) is 13.1 Å². The Morgan fingerprint density at radius 2 is 2.00 bits per heavy atom. The largest absolute Gasteiger partial charge is 0.339 e. The van der Waals surface area contributed by atoms with Gasteiger partial charge in [-0.3, -0.25) is 4.79 Å². The van der Waals surface area contributed by atoms with Crippen molar-refractivity contribution in [1.82, 2.24) is 24.6 Å². The summed E-state index contributed by atoms with van der Waals surface area (Å²) < 4.78 is 7.61. The minimum absolute atomic E-state index is 0.0431. The van der Waals surface area contributed by atoms with Gasteiger partial charge in [0.05, 0.1) is 16.6 Å². The van der Waals surface area contributed by atoms with Crippen LogP contribution in [0.1, 0.15) is 59.2 Å². The Hall–Kier alpha value is -2.70. The summed E-state index contributed by atoms with van der Waals surface area (Å²) in [4.78, 5) is 24.2.